The molecule has 1 fully saturated rings. The maximum absolute atomic E-state index is 13.7. The lowest BCUT2D eigenvalue weighted by molar-refractivity contribution is 0.0630. The van der Waals surface area contributed by atoms with Gasteiger partial charge in [0.15, 0.2) is 0 Å². The fourth-order valence-electron chi connectivity index (χ4n) is 4.73. The van der Waals surface area contributed by atoms with E-state index in [-0.39, 0.29) is 5.91 Å². The smallest absolute Gasteiger partial charge is 0.254 e. The zero-order chi connectivity index (χ0) is 23.7. The van der Waals surface area contributed by atoms with Gasteiger partial charge in [-0.25, -0.2) is 4.98 Å². The van der Waals surface area contributed by atoms with Crippen LogP contribution in [0.15, 0.2) is 60.8 Å². The number of hydrogen-bond acceptors (Lipinski definition) is 4. The van der Waals surface area contributed by atoms with E-state index in [1.807, 2.05) is 53.0 Å². The Morgan fingerprint density at radius 3 is 2.44 bits per heavy atom. The maximum Gasteiger partial charge on any atom is 0.254 e. The molecule has 4 aromatic rings. The van der Waals surface area contributed by atoms with Crippen molar-refractivity contribution in [2.24, 2.45) is 0 Å². The quantitative estimate of drug-likeness (QED) is 0.440. The molecule has 1 saturated heterocycles. The summed E-state index contributed by atoms with van der Waals surface area (Å²) in [5, 5.41) is 5.48. The van der Waals surface area contributed by atoms with E-state index >= 15 is 0 Å². The summed E-state index contributed by atoms with van der Waals surface area (Å²) in [7, 11) is 0. The molecule has 6 nitrogen and oxygen atoms in total. The number of carbonyl (C=O) groups excluding carboxylic acids is 1. The van der Waals surface area contributed by atoms with Gasteiger partial charge in [-0.3, -0.25) is 14.4 Å². The second kappa shape index (κ2) is 9.39. The number of para-hydroxylation sites is 1. The molecule has 1 aliphatic rings. The minimum absolute atomic E-state index is 0.0796. The number of carbonyl (C=O) groups is 1. The molecule has 6 heteroatoms. The summed E-state index contributed by atoms with van der Waals surface area (Å²) in [6, 6.07) is 18.4. The van der Waals surface area contributed by atoms with Crippen molar-refractivity contribution in [3.8, 4) is 11.3 Å². The fourth-order valence-corrected chi connectivity index (χ4v) is 4.73. The highest BCUT2D eigenvalue weighted by atomic mass is 16.2. The molecule has 0 aliphatic carbocycles. The van der Waals surface area contributed by atoms with Gasteiger partial charge in [-0.05, 0) is 44.0 Å². The second-order valence-corrected chi connectivity index (χ2v) is 9.05. The van der Waals surface area contributed by atoms with Crippen LogP contribution in [0.5, 0.6) is 0 Å². The van der Waals surface area contributed by atoms with Gasteiger partial charge in [0.2, 0.25) is 0 Å². The van der Waals surface area contributed by atoms with Crippen LogP contribution in [0.1, 0.15) is 34.1 Å². The molecule has 0 bridgehead atoms. The van der Waals surface area contributed by atoms with Crippen molar-refractivity contribution in [1.29, 1.82) is 0 Å². The molecule has 0 spiro atoms. The highest BCUT2D eigenvalue weighted by Crippen LogP contribution is 2.28. The Morgan fingerprint density at radius 2 is 1.71 bits per heavy atom. The monoisotopic (exact) mass is 453 g/mol. The molecular formula is C28H31N5O. The van der Waals surface area contributed by atoms with Crippen molar-refractivity contribution in [1.82, 2.24) is 24.6 Å². The van der Waals surface area contributed by atoms with Gasteiger partial charge in [0.25, 0.3) is 5.91 Å². The number of pyridine rings is 1. The van der Waals surface area contributed by atoms with E-state index in [9.17, 15) is 4.79 Å². The van der Waals surface area contributed by atoms with Crippen LogP contribution in [0.4, 0.5) is 0 Å². The van der Waals surface area contributed by atoms with Gasteiger partial charge in [0, 0.05) is 56.4 Å². The third-order valence-electron chi connectivity index (χ3n) is 6.81. The minimum atomic E-state index is 0.0796. The molecule has 2 aromatic carbocycles. The molecule has 0 radical (unpaired) electrons. The molecule has 2 aromatic heterocycles. The van der Waals surface area contributed by atoms with E-state index in [2.05, 4.69) is 48.1 Å². The Morgan fingerprint density at radius 1 is 0.971 bits per heavy atom. The molecule has 0 unspecified atom stereocenters. The van der Waals surface area contributed by atoms with Crippen molar-refractivity contribution < 1.29 is 4.79 Å². The Hall–Kier alpha value is -3.51. The second-order valence-electron chi connectivity index (χ2n) is 9.05. The molecule has 34 heavy (non-hydrogen) atoms. The average molecular weight is 454 g/mol. The summed E-state index contributed by atoms with van der Waals surface area (Å²) >= 11 is 0. The van der Waals surface area contributed by atoms with Gasteiger partial charge < -0.3 is 4.90 Å². The van der Waals surface area contributed by atoms with Gasteiger partial charge >= 0.3 is 0 Å². The first-order valence-corrected chi connectivity index (χ1v) is 12.0. The number of nitrogens with zero attached hydrogens (tertiary/aromatic N) is 5. The Labute approximate surface area is 200 Å². The van der Waals surface area contributed by atoms with Crippen molar-refractivity contribution in [3.63, 3.8) is 0 Å². The van der Waals surface area contributed by atoms with Crippen LogP contribution >= 0.6 is 0 Å². The van der Waals surface area contributed by atoms with Crippen molar-refractivity contribution in [2.45, 2.75) is 33.9 Å². The van der Waals surface area contributed by atoms with Gasteiger partial charge in [0.1, 0.15) is 0 Å². The highest BCUT2D eigenvalue weighted by Gasteiger charge is 2.25. The number of aryl methyl sites for hydroxylation is 3. The Bertz CT molecular complexity index is 1330. The zero-order valence-electron chi connectivity index (χ0n) is 20.2. The van der Waals surface area contributed by atoms with Crippen molar-refractivity contribution in [2.75, 3.05) is 26.2 Å². The van der Waals surface area contributed by atoms with Gasteiger partial charge in [-0.1, -0.05) is 42.5 Å². The third-order valence-corrected chi connectivity index (χ3v) is 6.81. The summed E-state index contributed by atoms with van der Waals surface area (Å²) in [5.41, 5.74) is 6.94. The number of hydrogen-bond donors (Lipinski definition) is 0. The fraction of sp³-hybridized carbons (Fsp3) is 0.321. The maximum atomic E-state index is 13.7. The SMILES string of the molecule is CCn1cc(-c2cc(C(=O)N3CCN(Cc4ccccc4C)CC3)c3ccccc3n2)c(C)n1. The molecule has 3 heterocycles. The van der Waals surface area contributed by atoms with Gasteiger partial charge in [-0.2, -0.15) is 5.10 Å². The number of benzene rings is 2. The van der Waals surface area contributed by atoms with E-state index in [1.165, 1.54) is 11.1 Å². The molecule has 174 valence electrons. The lowest BCUT2D eigenvalue weighted by Crippen LogP contribution is -2.48. The normalized spacial score (nSPS) is 14.6. The summed E-state index contributed by atoms with van der Waals surface area (Å²) in [6.45, 7) is 11.1. The van der Waals surface area contributed by atoms with Crippen LogP contribution in [0, 0.1) is 13.8 Å². The highest BCUT2D eigenvalue weighted by molar-refractivity contribution is 6.07. The predicted octanol–water partition coefficient (Wildman–Crippen LogP) is 4.69. The van der Waals surface area contributed by atoms with Crippen LogP contribution in [-0.2, 0) is 13.1 Å². The number of rotatable bonds is 5. The molecule has 1 amide bonds. The minimum Gasteiger partial charge on any atom is -0.336 e. The standard InChI is InChI=1S/C28H31N5O/c1-4-33-19-25(21(3)30-33)27-17-24(23-11-7-8-12-26(23)29-27)28(34)32-15-13-31(14-16-32)18-22-10-6-5-9-20(22)2/h5-12,17,19H,4,13-16,18H2,1-3H3. The first-order chi connectivity index (χ1) is 16.5. The third kappa shape index (κ3) is 4.33. The molecule has 0 N–H and O–H groups in total. The molecule has 1 aliphatic heterocycles. The topological polar surface area (TPSA) is 54.3 Å². The summed E-state index contributed by atoms with van der Waals surface area (Å²) < 4.78 is 1.91. The van der Waals surface area contributed by atoms with Gasteiger partial charge in [-0.15, -0.1) is 0 Å². The van der Waals surface area contributed by atoms with Crippen LogP contribution in [0.25, 0.3) is 22.2 Å². The zero-order valence-corrected chi connectivity index (χ0v) is 20.2. The number of piperazine rings is 1. The molecule has 0 atom stereocenters. The Balaban J connectivity index is 1.40. The van der Waals surface area contributed by atoms with Crippen LogP contribution in [-0.4, -0.2) is 56.7 Å². The van der Waals surface area contributed by atoms with Crippen LogP contribution < -0.4 is 0 Å². The summed E-state index contributed by atoms with van der Waals surface area (Å²) in [4.78, 5) is 23.0. The van der Waals surface area contributed by atoms with Crippen LogP contribution in [0.3, 0.4) is 0 Å². The van der Waals surface area contributed by atoms with Gasteiger partial charge in [0.05, 0.1) is 22.5 Å². The first-order valence-electron chi connectivity index (χ1n) is 12.0. The summed E-state index contributed by atoms with van der Waals surface area (Å²) in [5.74, 6) is 0.0796. The Kier molecular flexibility index (Phi) is 6.16. The van der Waals surface area contributed by atoms with Crippen LogP contribution in [0.2, 0.25) is 0 Å². The number of amides is 1. The van der Waals surface area contributed by atoms with E-state index in [0.717, 1.165) is 72.7 Å². The lowest BCUT2D eigenvalue weighted by Gasteiger charge is -2.35. The summed E-state index contributed by atoms with van der Waals surface area (Å²) in [6.07, 6.45) is 2.02. The van der Waals surface area contributed by atoms with E-state index in [4.69, 9.17) is 4.98 Å². The van der Waals surface area contributed by atoms with Crippen molar-refractivity contribution >= 4 is 16.8 Å². The largest absolute Gasteiger partial charge is 0.336 e. The van der Waals surface area contributed by atoms with Crippen molar-refractivity contribution in [3.05, 3.63) is 83.2 Å². The number of fused-ring (bicyclic) bond motifs is 1. The first kappa shape index (κ1) is 22.3. The predicted molar refractivity (Wildman–Crippen MR) is 136 cm³/mol. The molecular weight excluding hydrogens is 422 g/mol. The average Bonchev–Trinajstić information content (AvgIpc) is 3.25. The van der Waals surface area contributed by atoms with E-state index < -0.39 is 0 Å². The van der Waals surface area contributed by atoms with E-state index in [0.29, 0.717) is 0 Å². The number of aromatic nitrogens is 3. The van der Waals surface area contributed by atoms with E-state index in [1.54, 1.807) is 0 Å². The molecule has 5 rings (SSSR count). The molecule has 0 saturated carbocycles. The lowest BCUT2D eigenvalue weighted by atomic mass is 10.0.